The summed E-state index contributed by atoms with van der Waals surface area (Å²) in [5.41, 5.74) is 1.91. The number of rotatable bonds is 39. The van der Waals surface area contributed by atoms with Crippen LogP contribution in [0, 0.1) is 5.92 Å². The van der Waals surface area contributed by atoms with Gasteiger partial charge in [-0.05, 0) is 95.5 Å². The molecule has 69 heavy (non-hydrogen) atoms. The van der Waals surface area contributed by atoms with Crippen LogP contribution in [0.3, 0.4) is 0 Å². The Hall–Kier alpha value is -3.37. The molecule has 1 aromatic carbocycles. The number of aliphatic hydroxyl groups is 12. The second-order valence-electron chi connectivity index (χ2n) is 19.6. The van der Waals surface area contributed by atoms with E-state index in [0.29, 0.717) is 30.9 Å². The van der Waals surface area contributed by atoms with E-state index in [4.69, 9.17) is 4.74 Å². The van der Waals surface area contributed by atoms with E-state index in [1.807, 2.05) is 37.3 Å². The fraction of sp³-hybridized carbons (Fsp3) is 0.745. The molecule has 18 heteroatoms. The SMILES string of the molecule is COC1=CC(=O)N(C(=O)C=C(C)C[C@H](C)CCCCCCC[C@H](O)C[C@@H](O)C[C@@H](O)C[C@@H](O)C[C@@H](O)C[C@@H](O)C[C@@H](O)C[C@@H](O)C[C@@H](O)C[C@@H](O)C[C@@H](O)C[C@H](O)CNC=O)[C@H]1Cc1ccccc1. The normalized spacial score (nSPS) is 20.1. The summed E-state index contributed by atoms with van der Waals surface area (Å²) in [5, 5.41) is 126. The van der Waals surface area contributed by atoms with Gasteiger partial charge in [0.25, 0.3) is 11.8 Å². The number of carbonyl (C=O) groups is 3. The first kappa shape index (κ1) is 61.7. The van der Waals surface area contributed by atoms with Crippen molar-refractivity contribution in [2.75, 3.05) is 13.7 Å². The molecule has 18 nitrogen and oxygen atoms in total. The topological polar surface area (TPSA) is 318 Å². The van der Waals surface area contributed by atoms with E-state index in [-0.39, 0.29) is 89.0 Å². The van der Waals surface area contributed by atoms with Crippen LogP contribution in [0.5, 0.6) is 0 Å². The van der Waals surface area contributed by atoms with Crippen molar-refractivity contribution in [3.63, 3.8) is 0 Å². The van der Waals surface area contributed by atoms with Crippen LogP contribution in [0.1, 0.15) is 141 Å². The molecule has 3 amide bonds. The maximum Gasteiger partial charge on any atom is 0.257 e. The molecule has 13 N–H and O–H groups in total. The molecule has 2 rings (SSSR count). The van der Waals surface area contributed by atoms with Crippen molar-refractivity contribution < 1.29 is 80.4 Å². The molecular weight excluding hydrogens is 897 g/mol. The maximum absolute atomic E-state index is 13.3. The molecule has 0 aliphatic carbocycles. The molecule has 0 unspecified atom stereocenters. The highest BCUT2D eigenvalue weighted by atomic mass is 16.5. The lowest BCUT2D eigenvalue weighted by Crippen LogP contribution is -2.41. The average Bonchev–Trinajstić information content (AvgIpc) is 3.55. The zero-order chi connectivity index (χ0) is 51.5. The molecule has 1 heterocycles. The molecule has 1 aliphatic heterocycles. The van der Waals surface area contributed by atoms with Gasteiger partial charge in [-0.1, -0.05) is 81.4 Å². The number of amides is 3. The molecule has 1 aliphatic rings. The molecule has 1 aromatic rings. The first-order chi connectivity index (χ1) is 32.7. The number of hydrogen-bond donors (Lipinski definition) is 13. The number of unbranched alkanes of at least 4 members (excludes halogenated alkanes) is 4. The number of benzene rings is 1. The Labute approximate surface area is 408 Å². The highest BCUT2D eigenvalue weighted by Gasteiger charge is 2.37. The van der Waals surface area contributed by atoms with Gasteiger partial charge in [0.1, 0.15) is 11.8 Å². The van der Waals surface area contributed by atoms with Crippen LogP contribution < -0.4 is 5.32 Å². The highest BCUT2D eigenvalue weighted by molar-refractivity contribution is 6.08. The van der Waals surface area contributed by atoms with Crippen LogP contribution >= 0.6 is 0 Å². The lowest BCUT2D eigenvalue weighted by atomic mass is 9.94. The molecule has 0 bridgehead atoms. The van der Waals surface area contributed by atoms with Gasteiger partial charge in [0.15, 0.2) is 0 Å². The number of nitrogens with zero attached hydrogens (tertiary/aromatic N) is 1. The van der Waals surface area contributed by atoms with Crippen molar-refractivity contribution in [1.82, 2.24) is 10.2 Å². The fourth-order valence-electron chi connectivity index (χ4n) is 9.25. The van der Waals surface area contributed by atoms with E-state index in [2.05, 4.69) is 12.2 Å². The Morgan fingerprint density at radius 2 is 1.00 bits per heavy atom. The third kappa shape index (κ3) is 27.2. The number of aliphatic hydroxyl groups excluding tert-OH is 12. The number of methoxy groups -OCH3 is 1. The van der Waals surface area contributed by atoms with E-state index < -0.39 is 79.3 Å². The zero-order valence-corrected chi connectivity index (χ0v) is 41.0. The molecule has 0 spiro atoms. The third-order valence-corrected chi connectivity index (χ3v) is 12.6. The van der Waals surface area contributed by atoms with E-state index >= 15 is 0 Å². The molecule has 0 radical (unpaired) electrons. The van der Waals surface area contributed by atoms with Crippen molar-refractivity contribution in [3.8, 4) is 0 Å². The lowest BCUT2D eigenvalue weighted by molar-refractivity contribution is -0.139. The fourth-order valence-corrected chi connectivity index (χ4v) is 9.25. The summed E-state index contributed by atoms with van der Waals surface area (Å²) in [4.78, 5) is 37.7. The first-order valence-electron chi connectivity index (χ1n) is 24.9. The van der Waals surface area contributed by atoms with Gasteiger partial charge in [-0.2, -0.15) is 0 Å². The molecular formula is C51H86N2O16. The summed E-state index contributed by atoms with van der Waals surface area (Å²) in [6.07, 6.45) is -4.13. The molecule has 0 fully saturated rings. The molecule has 0 aromatic heterocycles. The Morgan fingerprint density at radius 1 is 0.609 bits per heavy atom. The number of hydrogen-bond acceptors (Lipinski definition) is 16. The number of nitrogens with one attached hydrogen (secondary N) is 1. The van der Waals surface area contributed by atoms with Crippen LogP contribution in [-0.4, -0.2) is 177 Å². The second kappa shape index (κ2) is 34.1. The van der Waals surface area contributed by atoms with Crippen molar-refractivity contribution in [2.24, 2.45) is 5.92 Å². The van der Waals surface area contributed by atoms with Gasteiger partial charge >= 0.3 is 0 Å². The van der Waals surface area contributed by atoms with E-state index in [1.165, 1.54) is 18.1 Å². The van der Waals surface area contributed by atoms with Crippen LogP contribution in [0.4, 0.5) is 0 Å². The second-order valence-corrected chi connectivity index (χ2v) is 19.6. The predicted molar refractivity (Wildman–Crippen MR) is 258 cm³/mol. The summed E-state index contributed by atoms with van der Waals surface area (Å²) in [6, 6.07) is 9.17. The smallest absolute Gasteiger partial charge is 0.257 e. The van der Waals surface area contributed by atoms with Crippen molar-refractivity contribution in [3.05, 3.63) is 59.4 Å². The van der Waals surface area contributed by atoms with Gasteiger partial charge in [0.2, 0.25) is 6.41 Å². The Balaban J connectivity index is 1.56. The predicted octanol–water partition coefficient (Wildman–Crippen LogP) is 1.57. The van der Waals surface area contributed by atoms with Crippen molar-refractivity contribution in [1.29, 1.82) is 0 Å². The third-order valence-electron chi connectivity index (χ3n) is 12.6. The molecule has 0 saturated carbocycles. The summed E-state index contributed by atoms with van der Waals surface area (Å²) >= 11 is 0. The van der Waals surface area contributed by atoms with Gasteiger partial charge in [-0.3, -0.25) is 19.3 Å². The number of ether oxygens (including phenoxy) is 1. The molecule has 396 valence electrons. The van der Waals surface area contributed by atoms with Gasteiger partial charge in [-0.25, -0.2) is 0 Å². The highest BCUT2D eigenvalue weighted by Crippen LogP contribution is 2.26. The van der Waals surface area contributed by atoms with Crippen LogP contribution in [0.15, 0.2) is 53.8 Å². The van der Waals surface area contributed by atoms with Gasteiger partial charge in [0.05, 0.1) is 80.4 Å². The number of carbonyl (C=O) groups excluding carboxylic acids is 3. The number of imide groups is 1. The van der Waals surface area contributed by atoms with E-state index in [1.54, 1.807) is 6.08 Å². The molecule has 14 atom stereocenters. The molecule has 0 saturated heterocycles. The first-order valence-corrected chi connectivity index (χ1v) is 24.9. The van der Waals surface area contributed by atoms with Crippen molar-refractivity contribution >= 4 is 18.2 Å². The maximum atomic E-state index is 13.3. The average molecular weight is 983 g/mol. The standard InChI is InChI=1S/C51H86N2O16/c1-33(16-34(2)17-50(67)53-48(49(69-3)30-51(53)68)18-35-13-9-7-10-14-35)12-8-5-4-6-11-15-36(55)19-37(56)20-38(57)21-39(58)22-40(59)23-41(60)24-42(61)25-43(62)26-44(63)27-45(64)28-46(65)29-47(66)31-52-32-54/h7,9-10,13-14,17,30,32-33,36-48,55-66H,4-6,8,11-12,15-16,18-29,31H2,1-3H3,(H,52,54)/t33-,36+,37-,38-,39-,40-,41-,42-,43-,44-,45-,46-,47+,48+/m1/s1. The minimum absolute atomic E-state index is 0.0622. The van der Waals surface area contributed by atoms with Crippen LogP contribution in [0.2, 0.25) is 0 Å². The van der Waals surface area contributed by atoms with E-state index in [0.717, 1.165) is 56.1 Å². The van der Waals surface area contributed by atoms with Crippen LogP contribution in [-0.2, 0) is 25.5 Å². The number of allylic oxidation sites excluding steroid dienone is 1. The summed E-state index contributed by atoms with van der Waals surface area (Å²) < 4.78 is 5.45. The monoisotopic (exact) mass is 983 g/mol. The van der Waals surface area contributed by atoms with Gasteiger partial charge in [0, 0.05) is 31.5 Å². The lowest BCUT2D eigenvalue weighted by Gasteiger charge is -2.24. The quantitative estimate of drug-likeness (QED) is 0.0253. The largest absolute Gasteiger partial charge is 0.499 e. The summed E-state index contributed by atoms with van der Waals surface area (Å²) in [5.74, 6) is 0.0918. The summed E-state index contributed by atoms with van der Waals surface area (Å²) in [6.45, 7) is 4.00. The Kier molecular flexibility index (Phi) is 30.5. The van der Waals surface area contributed by atoms with Crippen LogP contribution in [0.25, 0.3) is 0 Å². The van der Waals surface area contributed by atoms with Gasteiger partial charge in [-0.15, -0.1) is 0 Å². The van der Waals surface area contributed by atoms with E-state index in [9.17, 15) is 75.7 Å². The minimum Gasteiger partial charge on any atom is -0.499 e. The minimum atomic E-state index is -1.20. The van der Waals surface area contributed by atoms with Gasteiger partial charge < -0.3 is 71.3 Å². The Morgan fingerprint density at radius 3 is 1.42 bits per heavy atom. The van der Waals surface area contributed by atoms with Crippen molar-refractivity contribution in [2.45, 2.75) is 222 Å². The Bertz CT molecular complexity index is 1640. The summed E-state index contributed by atoms with van der Waals surface area (Å²) in [7, 11) is 1.50. The zero-order valence-electron chi connectivity index (χ0n) is 41.0.